The summed E-state index contributed by atoms with van der Waals surface area (Å²) in [4.78, 5) is 29.3. The molecular formula is C19H25N3O3. The number of amides is 1. The standard InChI is InChI=1S/C19H25N3O3/c1-13-16(19(24)25-4)14(2)21-17(13)18(23)20-11-8-12-22(3)15-9-6-5-7-10-15/h5-7,9-10,21H,8,11-12H2,1-4H3,(H,20,23). The van der Waals surface area contributed by atoms with Gasteiger partial charge in [0, 0.05) is 31.5 Å². The van der Waals surface area contributed by atoms with Crippen LogP contribution in [0.1, 0.15) is 38.5 Å². The van der Waals surface area contributed by atoms with Crippen LogP contribution in [0.5, 0.6) is 0 Å². The molecule has 2 aromatic rings. The van der Waals surface area contributed by atoms with Gasteiger partial charge in [-0.05, 0) is 38.0 Å². The molecule has 2 N–H and O–H groups in total. The van der Waals surface area contributed by atoms with Crippen molar-refractivity contribution in [3.63, 3.8) is 0 Å². The van der Waals surface area contributed by atoms with Gasteiger partial charge in [0.05, 0.1) is 12.7 Å². The molecule has 1 aromatic heterocycles. The van der Waals surface area contributed by atoms with Crippen LogP contribution in [0, 0.1) is 13.8 Å². The SMILES string of the molecule is COC(=O)c1c(C)[nH]c(C(=O)NCCCN(C)c2ccccc2)c1C. The van der Waals surface area contributed by atoms with Gasteiger partial charge in [0.25, 0.3) is 5.91 Å². The van der Waals surface area contributed by atoms with Crippen molar-refractivity contribution in [2.24, 2.45) is 0 Å². The average Bonchev–Trinajstić information content (AvgIpc) is 2.93. The smallest absolute Gasteiger partial charge is 0.339 e. The van der Waals surface area contributed by atoms with Gasteiger partial charge in [-0.2, -0.15) is 0 Å². The second-order valence-corrected chi connectivity index (χ2v) is 5.98. The number of esters is 1. The Hall–Kier alpha value is -2.76. The van der Waals surface area contributed by atoms with Gasteiger partial charge in [0.2, 0.25) is 0 Å². The molecule has 6 heteroatoms. The van der Waals surface area contributed by atoms with E-state index >= 15 is 0 Å². The largest absolute Gasteiger partial charge is 0.465 e. The van der Waals surface area contributed by atoms with Crippen LogP contribution in [0.4, 0.5) is 5.69 Å². The van der Waals surface area contributed by atoms with Crippen LogP contribution in [0.25, 0.3) is 0 Å². The highest BCUT2D eigenvalue weighted by Crippen LogP contribution is 2.18. The summed E-state index contributed by atoms with van der Waals surface area (Å²) in [5.41, 5.74) is 3.24. The molecule has 1 aromatic carbocycles. The molecular weight excluding hydrogens is 318 g/mol. The van der Waals surface area contributed by atoms with Crippen LogP contribution in [0.15, 0.2) is 30.3 Å². The summed E-state index contributed by atoms with van der Waals surface area (Å²) in [6, 6.07) is 10.1. The van der Waals surface area contributed by atoms with Gasteiger partial charge in [0.15, 0.2) is 0 Å². The van der Waals surface area contributed by atoms with Gasteiger partial charge < -0.3 is 19.9 Å². The summed E-state index contributed by atoms with van der Waals surface area (Å²) in [7, 11) is 3.36. The lowest BCUT2D eigenvalue weighted by Crippen LogP contribution is -2.28. The predicted octanol–water partition coefficient (Wildman–Crippen LogP) is 2.67. The number of nitrogens with zero attached hydrogens (tertiary/aromatic N) is 1. The van der Waals surface area contributed by atoms with E-state index in [0.717, 1.165) is 18.7 Å². The molecule has 1 amide bonds. The number of H-pyrrole nitrogens is 1. The Morgan fingerprint density at radius 1 is 1.20 bits per heavy atom. The summed E-state index contributed by atoms with van der Waals surface area (Å²) in [6.07, 6.45) is 0.819. The molecule has 0 aliphatic heterocycles. The fourth-order valence-corrected chi connectivity index (χ4v) is 2.80. The Labute approximate surface area is 148 Å². The fraction of sp³-hybridized carbons (Fsp3) is 0.368. The summed E-state index contributed by atoms with van der Waals surface area (Å²) in [5.74, 6) is -0.645. The van der Waals surface area contributed by atoms with Crippen molar-refractivity contribution in [1.29, 1.82) is 0 Å². The number of rotatable bonds is 7. The van der Waals surface area contributed by atoms with Crippen LogP contribution < -0.4 is 10.2 Å². The van der Waals surface area contributed by atoms with Gasteiger partial charge in [-0.1, -0.05) is 18.2 Å². The highest BCUT2D eigenvalue weighted by molar-refractivity contribution is 6.00. The van der Waals surface area contributed by atoms with Crippen molar-refractivity contribution in [2.75, 3.05) is 32.1 Å². The van der Waals surface area contributed by atoms with E-state index in [4.69, 9.17) is 4.74 Å². The third-order valence-corrected chi connectivity index (χ3v) is 4.21. The molecule has 134 valence electrons. The highest BCUT2D eigenvalue weighted by Gasteiger charge is 2.22. The van der Waals surface area contributed by atoms with E-state index in [-0.39, 0.29) is 5.91 Å². The quantitative estimate of drug-likeness (QED) is 0.599. The first kappa shape index (κ1) is 18.6. The number of carbonyl (C=O) groups excluding carboxylic acids is 2. The lowest BCUT2D eigenvalue weighted by molar-refractivity contribution is 0.0599. The zero-order valence-electron chi connectivity index (χ0n) is 15.2. The maximum Gasteiger partial charge on any atom is 0.339 e. The highest BCUT2D eigenvalue weighted by atomic mass is 16.5. The number of hydrogen-bond donors (Lipinski definition) is 2. The minimum absolute atomic E-state index is 0.210. The van der Waals surface area contributed by atoms with E-state index in [1.165, 1.54) is 7.11 Å². The minimum Gasteiger partial charge on any atom is -0.465 e. The van der Waals surface area contributed by atoms with Gasteiger partial charge in [-0.3, -0.25) is 4.79 Å². The first-order valence-electron chi connectivity index (χ1n) is 8.27. The van der Waals surface area contributed by atoms with E-state index in [2.05, 4.69) is 27.3 Å². The lowest BCUT2D eigenvalue weighted by Gasteiger charge is -2.19. The van der Waals surface area contributed by atoms with Crippen molar-refractivity contribution in [2.45, 2.75) is 20.3 Å². The molecule has 0 bridgehead atoms. The molecule has 2 rings (SSSR count). The zero-order chi connectivity index (χ0) is 18.4. The van der Waals surface area contributed by atoms with Crippen LogP contribution in [-0.2, 0) is 4.74 Å². The maximum absolute atomic E-state index is 12.3. The van der Waals surface area contributed by atoms with Crippen LogP contribution in [0.3, 0.4) is 0 Å². The number of anilines is 1. The second kappa shape index (κ2) is 8.37. The van der Waals surface area contributed by atoms with E-state index in [9.17, 15) is 9.59 Å². The molecule has 0 saturated carbocycles. The van der Waals surface area contributed by atoms with Crippen molar-refractivity contribution < 1.29 is 14.3 Å². The molecule has 0 radical (unpaired) electrons. The van der Waals surface area contributed by atoms with Crippen molar-refractivity contribution in [3.8, 4) is 0 Å². The van der Waals surface area contributed by atoms with Crippen LogP contribution >= 0.6 is 0 Å². The summed E-state index contributed by atoms with van der Waals surface area (Å²) < 4.78 is 4.76. The first-order valence-corrected chi connectivity index (χ1v) is 8.27. The average molecular weight is 343 g/mol. The normalized spacial score (nSPS) is 10.4. The van der Waals surface area contributed by atoms with E-state index in [0.29, 0.717) is 29.1 Å². The number of para-hydroxylation sites is 1. The van der Waals surface area contributed by atoms with Crippen LogP contribution in [-0.4, -0.2) is 44.1 Å². The third kappa shape index (κ3) is 4.41. The van der Waals surface area contributed by atoms with Gasteiger partial charge in [-0.25, -0.2) is 4.79 Å². The van der Waals surface area contributed by atoms with Crippen LogP contribution in [0.2, 0.25) is 0 Å². The van der Waals surface area contributed by atoms with Crippen molar-refractivity contribution >= 4 is 17.6 Å². The molecule has 0 spiro atoms. The van der Waals surface area contributed by atoms with Crippen molar-refractivity contribution in [3.05, 3.63) is 52.8 Å². The monoisotopic (exact) mass is 343 g/mol. The molecule has 0 saturated heterocycles. The number of hydrogen-bond acceptors (Lipinski definition) is 4. The molecule has 6 nitrogen and oxygen atoms in total. The second-order valence-electron chi connectivity index (χ2n) is 5.98. The molecule has 0 fully saturated rings. The molecule has 25 heavy (non-hydrogen) atoms. The minimum atomic E-state index is -0.435. The Morgan fingerprint density at radius 3 is 2.52 bits per heavy atom. The number of methoxy groups -OCH3 is 1. The van der Waals surface area contributed by atoms with Gasteiger partial charge >= 0.3 is 5.97 Å². The summed E-state index contributed by atoms with van der Waals surface area (Å²) in [6.45, 7) is 4.89. The maximum atomic E-state index is 12.3. The summed E-state index contributed by atoms with van der Waals surface area (Å²) in [5, 5.41) is 2.90. The molecule has 0 atom stereocenters. The number of carbonyl (C=O) groups is 2. The van der Waals surface area contributed by atoms with E-state index in [1.807, 2.05) is 25.2 Å². The van der Waals surface area contributed by atoms with Crippen molar-refractivity contribution in [1.82, 2.24) is 10.3 Å². The Balaban J connectivity index is 1.88. The number of benzene rings is 1. The topological polar surface area (TPSA) is 74.4 Å². The Morgan fingerprint density at radius 2 is 1.88 bits per heavy atom. The van der Waals surface area contributed by atoms with Gasteiger partial charge in [-0.15, -0.1) is 0 Å². The molecule has 0 aliphatic carbocycles. The summed E-state index contributed by atoms with van der Waals surface area (Å²) >= 11 is 0. The first-order chi connectivity index (χ1) is 12.0. The van der Waals surface area contributed by atoms with E-state index < -0.39 is 5.97 Å². The number of aromatic nitrogens is 1. The molecule has 0 aliphatic rings. The molecule has 0 unspecified atom stereocenters. The predicted molar refractivity (Wildman–Crippen MR) is 98.3 cm³/mol. The Kier molecular flexibility index (Phi) is 6.22. The number of aromatic amines is 1. The number of nitrogens with one attached hydrogen (secondary N) is 2. The zero-order valence-corrected chi connectivity index (χ0v) is 15.2. The Bertz CT molecular complexity index is 738. The third-order valence-electron chi connectivity index (χ3n) is 4.21. The molecule has 1 heterocycles. The van der Waals surface area contributed by atoms with E-state index in [1.54, 1.807) is 13.8 Å². The van der Waals surface area contributed by atoms with Gasteiger partial charge in [0.1, 0.15) is 5.69 Å². The number of aryl methyl sites for hydroxylation is 1. The lowest BCUT2D eigenvalue weighted by atomic mass is 10.1. The number of ether oxygens (including phenoxy) is 1. The fourth-order valence-electron chi connectivity index (χ4n) is 2.80.